The van der Waals surface area contributed by atoms with Crippen LogP contribution in [-0.2, 0) is 7.05 Å². The summed E-state index contributed by atoms with van der Waals surface area (Å²) in [6.07, 6.45) is 1.84. The lowest BCUT2D eigenvalue weighted by Crippen LogP contribution is -2.20. The molecule has 0 fully saturated rings. The SMILES string of the molecule is CNC(c1csc2ccccc12)c1c(Br)cnn1C. The van der Waals surface area contributed by atoms with Gasteiger partial charge in [0.1, 0.15) is 0 Å². The summed E-state index contributed by atoms with van der Waals surface area (Å²) in [5.41, 5.74) is 2.44. The van der Waals surface area contributed by atoms with Crippen LogP contribution in [0, 0.1) is 0 Å². The molecule has 0 saturated carbocycles. The summed E-state index contributed by atoms with van der Waals surface area (Å²) < 4.78 is 4.26. The molecule has 1 unspecified atom stereocenters. The van der Waals surface area contributed by atoms with Crippen molar-refractivity contribution in [2.24, 2.45) is 7.05 Å². The third kappa shape index (κ3) is 2.12. The van der Waals surface area contributed by atoms with Crippen molar-refractivity contribution in [3.05, 3.63) is 51.6 Å². The molecule has 0 aliphatic carbocycles. The zero-order chi connectivity index (χ0) is 13.4. The van der Waals surface area contributed by atoms with E-state index in [4.69, 9.17) is 0 Å². The van der Waals surface area contributed by atoms with E-state index in [-0.39, 0.29) is 6.04 Å². The second-order valence-corrected chi connectivity index (χ2v) is 6.18. The molecule has 5 heteroatoms. The van der Waals surface area contributed by atoms with E-state index >= 15 is 0 Å². The van der Waals surface area contributed by atoms with Crippen LogP contribution in [0.5, 0.6) is 0 Å². The zero-order valence-corrected chi connectivity index (χ0v) is 13.1. The standard InChI is InChI=1S/C14H14BrN3S/c1-16-13(14-11(15)7-17-18(14)2)10-8-19-12-6-4-3-5-9(10)12/h3-8,13,16H,1-2H3. The lowest BCUT2D eigenvalue weighted by atomic mass is 10.0. The van der Waals surface area contributed by atoms with E-state index in [9.17, 15) is 0 Å². The maximum Gasteiger partial charge on any atom is 0.0771 e. The molecular weight excluding hydrogens is 322 g/mol. The van der Waals surface area contributed by atoms with Gasteiger partial charge >= 0.3 is 0 Å². The molecule has 0 spiro atoms. The Hall–Kier alpha value is -1.17. The highest BCUT2D eigenvalue weighted by molar-refractivity contribution is 9.10. The predicted octanol–water partition coefficient (Wildman–Crippen LogP) is 3.71. The van der Waals surface area contributed by atoms with Crippen molar-refractivity contribution in [2.45, 2.75) is 6.04 Å². The van der Waals surface area contributed by atoms with Crippen LogP contribution in [0.1, 0.15) is 17.3 Å². The molecule has 19 heavy (non-hydrogen) atoms. The van der Waals surface area contributed by atoms with Crippen LogP contribution in [0.2, 0.25) is 0 Å². The minimum atomic E-state index is 0.137. The Kier molecular flexibility index (Phi) is 3.43. The quantitative estimate of drug-likeness (QED) is 0.790. The molecule has 3 nitrogen and oxygen atoms in total. The van der Waals surface area contributed by atoms with Crippen LogP contribution in [-0.4, -0.2) is 16.8 Å². The third-order valence-corrected chi connectivity index (χ3v) is 4.91. The fourth-order valence-corrected chi connectivity index (χ4v) is 3.97. The van der Waals surface area contributed by atoms with Gasteiger partial charge < -0.3 is 5.32 Å². The Morgan fingerprint density at radius 1 is 1.37 bits per heavy atom. The van der Waals surface area contributed by atoms with E-state index in [0.717, 1.165) is 10.2 Å². The number of nitrogens with one attached hydrogen (secondary N) is 1. The molecule has 1 N–H and O–H groups in total. The Bertz CT molecular complexity index is 697. The first-order chi connectivity index (χ1) is 9.22. The lowest BCUT2D eigenvalue weighted by Gasteiger charge is -2.17. The third-order valence-electron chi connectivity index (χ3n) is 3.32. The van der Waals surface area contributed by atoms with Crippen molar-refractivity contribution in [1.82, 2.24) is 15.1 Å². The number of aromatic nitrogens is 2. The monoisotopic (exact) mass is 335 g/mol. The average Bonchev–Trinajstić information content (AvgIpc) is 2.98. The molecule has 3 rings (SSSR count). The Morgan fingerprint density at radius 2 is 2.16 bits per heavy atom. The lowest BCUT2D eigenvalue weighted by molar-refractivity contribution is 0.608. The maximum atomic E-state index is 4.31. The molecule has 2 aromatic heterocycles. The second kappa shape index (κ2) is 5.07. The smallest absolute Gasteiger partial charge is 0.0771 e. The Morgan fingerprint density at radius 3 is 2.84 bits per heavy atom. The first kappa shape index (κ1) is 12.8. The van der Waals surface area contributed by atoms with Gasteiger partial charge in [-0.3, -0.25) is 4.68 Å². The highest BCUT2D eigenvalue weighted by Crippen LogP contribution is 2.35. The number of thiophene rings is 1. The summed E-state index contributed by atoms with van der Waals surface area (Å²) in [7, 11) is 3.95. The molecule has 0 radical (unpaired) electrons. The molecule has 0 saturated heterocycles. The van der Waals surface area contributed by atoms with Crippen molar-refractivity contribution in [3.8, 4) is 0 Å². The molecule has 1 atom stereocenters. The molecule has 98 valence electrons. The van der Waals surface area contributed by atoms with Crippen molar-refractivity contribution in [1.29, 1.82) is 0 Å². The van der Waals surface area contributed by atoms with Gasteiger partial charge in [-0.15, -0.1) is 11.3 Å². The topological polar surface area (TPSA) is 29.9 Å². The van der Waals surface area contributed by atoms with Crippen molar-refractivity contribution >= 4 is 37.4 Å². The Labute approximate surface area is 124 Å². The normalized spacial score (nSPS) is 13.0. The summed E-state index contributed by atoms with van der Waals surface area (Å²) in [6, 6.07) is 8.64. The summed E-state index contributed by atoms with van der Waals surface area (Å²) in [6.45, 7) is 0. The van der Waals surface area contributed by atoms with Gasteiger partial charge in [0.15, 0.2) is 0 Å². The summed E-state index contributed by atoms with van der Waals surface area (Å²) >= 11 is 5.37. The first-order valence-electron chi connectivity index (χ1n) is 6.03. The number of hydrogen-bond donors (Lipinski definition) is 1. The van der Waals surface area contributed by atoms with Gasteiger partial charge in [-0.2, -0.15) is 5.10 Å². The van der Waals surface area contributed by atoms with Crippen molar-refractivity contribution < 1.29 is 0 Å². The van der Waals surface area contributed by atoms with Crippen LogP contribution in [0.4, 0.5) is 0 Å². The maximum absolute atomic E-state index is 4.31. The average molecular weight is 336 g/mol. The largest absolute Gasteiger partial charge is 0.308 e. The van der Waals surface area contributed by atoms with Crippen LogP contribution in [0.15, 0.2) is 40.3 Å². The minimum Gasteiger partial charge on any atom is -0.308 e. The summed E-state index contributed by atoms with van der Waals surface area (Å²) in [4.78, 5) is 0. The van der Waals surface area contributed by atoms with Gasteiger partial charge in [-0.1, -0.05) is 18.2 Å². The fraction of sp³-hybridized carbons (Fsp3) is 0.214. The number of nitrogens with zero attached hydrogens (tertiary/aromatic N) is 2. The minimum absolute atomic E-state index is 0.137. The molecular formula is C14H14BrN3S. The van der Waals surface area contributed by atoms with Gasteiger partial charge in [-0.05, 0) is 45.4 Å². The summed E-state index contributed by atoms with van der Waals surface area (Å²) in [5, 5.41) is 11.2. The number of fused-ring (bicyclic) bond motifs is 1. The first-order valence-corrected chi connectivity index (χ1v) is 7.70. The number of benzene rings is 1. The van der Waals surface area contributed by atoms with E-state index in [2.05, 4.69) is 56.0 Å². The second-order valence-electron chi connectivity index (χ2n) is 4.41. The molecule has 0 aliphatic heterocycles. The number of aryl methyl sites for hydroxylation is 1. The van der Waals surface area contributed by atoms with E-state index in [0.29, 0.717) is 0 Å². The summed E-state index contributed by atoms with van der Waals surface area (Å²) in [5.74, 6) is 0. The fourth-order valence-electron chi connectivity index (χ4n) is 2.41. The molecule has 2 heterocycles. The van der Waals surface area contributed by atoms with Crippen molar-refractivity contribution in [2.75, 3.05) is 7.05 Å². The predicted molar refractivity (Wildman–Crippen MR) is 83.6 cm³/mol. The zero-order valence-electron chi connectivity index (χ0n) is 10.7. The molecule has 1 aromatic carbocycles. The molecule has 3 aromatic rings. The van der Waals surface area contributed by atoms with E-state index in [1.807, 2.05) is 25.0 Å². The van der Waals surface area contributed by atoms with E-state index in [1.54, 1.807) is 11.3 Å². The highest BCUT2D eigenvalue weighted by Gasteiger charge is 2.21. The van der Waals surface area contributed by atoms with Gasteiger partial charge in [0.2, 0.25) is 0 Å². The van der Waals surface area contributed by atoms with Crippen LogP contribution >= 0.6 is 27.3 Å². The number of hydrogen-bond acceptors (Lipinski definition) is 3. The van der Waals surface area contributed by atoms with Crippen molar-refractivity contribution in [3.63, 3.8) is 0 Å². The highest BCUT2D eigenvalue weighted by atomic mass is 79.9. The number of rotatable bonds is 3. The van der Waals surface area contributed by atoms with Crippen LogP contribution in [0.3, 0.4) is 0 Å². The molecule has 0 amide bonds. The van der Waals surface area contributed by atoms with Gasteiger partial charge in [0.25, 0.3) is 0 Å². The Balaban J connectivity index is 2.18. The van der Waals surface area contributed by atoms with Gasteiger partial charge in [-0.25, -0.2) is 0 Å². The van der Waals surface area contributed by atoms with Gasteiger partial charge in [0, 0.05) is 11.7 Å². The van der Waals surface area contributed by atoms with Crippen LogP contribution in [0.25, 0.3) is 10.1 Å². The van der Waals surface area contributed by atoms with Crippen LogP contribution < -0.4 is 5.32 Å². The molecule has 0 bridgehead atoms. The van der Waals surface area contributed by atoms with Gasteiger partial charge in [0.05, 0.1) is 22.4 Å². The van der Waals surface area contributed by atoms with E-state index in [1.165, 1.54) is 15.6 Å². The van der Waals surface area contributed by atoms with E-state index < -0.39 is 0 Å². The molecule has 0 aliphatic rings. The number of halogens is 1.